The maximum absolute atomic E-state index is 12.9. The summed E-state index contributed by atoms with van der Waals surface area (Å²) in [6.45, 7) is 11.3. The second-order valence-electron chi connectivity index (χ2n) is 15.3. The van der Waals surface area contributed by atoms with E-state index in [4.69, 9.17) is 23.7 Å². The molecule has 5 aliphatic carbocycles. The van der Waals surface area contributed by atoms with E-state index in [2.05, 4.69) is 31.7 Å². The fraction of sp³-hybridized carbons (Fsp3) is 0.794. The Morgan fingerprint density at radius 2 is 1.90 bits per heavy atom. The van der Waals surface area contributed by atoms with E-state index < -0.39 is 17.2 Å². The minimum absolute atomic E-state index is 0.0465. The second kappa shape index (κ2) is 9.64. The van der Waals surface area contributed by atoms with Crippen molar-refractivity contribution in [1.82, 2.24) is 4.90 Å². The lowest BCUT2D eigenvalue weighted by atomic mass is 9.33. The molecular formula is C34H49NO7. The van der Waals surface area contributed by atoms with Gasteiger partial charge in [-0.25, -0.2) is 4.79 Å². The monoisotopic (exact) mass is 583 g/mol. The molecule has 2 aliphatic heterocycles. The first-order valence-corrected chi connectivity index (χ1v) is 16.1. The first kappa shape index (κ1) is 29.0. The standard InChI is InChI=1S/C34H49NO7/c1-30(2,3)31(4,37)24-18-32-11-12-34(24,39-6)29-33(32)13-14-35(19-21-7-8-21)25(32)17-22-9-10-23(28(42-29)27(22)33)41-26(36)20-40-16-15-38-5/h9-10,21,24-25,29,37H,7-8,11-20H2,1-6H3/t24-,25-,29-,31+,32-,33+,34-/m1/s1. The smallest absolute Gasteiger partial charge is 0.337 e. The van der Waals surface area contributed by atoms with Gasteiger partial charge in [-0.3, -0.25) is 4.90 Å². The van der Waals surface area contributed by atoms with E-state index in [1.54, 1.807) is 7.11 Å². The number of rotatable bonds is 10. The molecule has 1 aromatic rings. The molecule has 8 rings (SSSR count). The average Bonchev–Trinajstić information content (AvgIpc) is 3.69. The zero-order valence-corrected chi connectivity index (χ0v) is 26.3. The fourth-order valence-corrected chi connectivity index (χ4v) is 10.1. The number of fused-ring (bicyclic) bond motifs is 2. The molecule has 5 fully saturated rings. The van der Waals surface area contributed by atoms with Gasteiger partial charge in [0, 0.05) is 49.1 Å². The third-order valence-corrected chi connectivity index (χ3v) is 12.7. The van der Waals surface area contributed by atoms with Gasteiger partial charge in [-0.05, 0) is 81.4 Å². The van der Waals surface area contributed by atoms with Crippen molar-refractivity contribution in [2.45, 2.75) is 101 Å². The quantitative estimate of drug-likeness (QED) is 0.248. The van der Waals surface area contributed by atoms with Crippen LogP contribution in [0.4, 0.5) is 0 Å². The SMILES string of the molecule is COCCOCC(=O)Oc1ccc2c3c1O[C@H]1[C@@]4(OC)CC[C@@]5(C[C@@H]4[C@](C)(O)C(C)(C)C)[C@@H](C2)N(CC2CC2)CC[C@]315. The van der Waals surface area contributed by atoms with Gasteiger partial charge >= 0.3 is 5.97 Å². The Balaban J connectivity index is 1.35. The van der Waals surface area contributed by atoms with Gasteiger partial charge in [-0.2, -0.15) is 0 Å². The summed E-state index contributed by atoms with van der Waals surface area (Å²) in [5.74, 6) is 1.45. The molecule has 1 aromatic carbocycles. The lowest BCUT2D eigenvalue weighted by molar-refractivity contribution is -0.312. The van der Waals surface area contributed by atoms with E-state index in [0.29, 0.717) is 30.8 Å². The predicted molar refractivity (Wildman–Crippen MR) is 157 cm³/mol. The third kappa shape index (κ3) is 3.74. The maximum Gasteiger partial charge on any atom is 0.337 e. The van der Waals surface area contributed by atoms with Gasteiger partial charge in [0.25, 0.3) is 0 Å². The number of esters is 1. The van der Waals surface area contributed by atoms with Crippen molar-refractivity contribution in [2.75, 3.05) is 47.1 Å². The van der Waals surface area contributed by atoms with Gasteiger partial charge in [0.1, 0.15) is 18.3 Å². The van der Waals surface area contributed by atoms with Gasteiger partial charge < -0.3 is 28.8 Å². The van der Waals surface area contributed by atoms with E-state index in [1.165, 1.54) is 30.5 Å². The number of hydrogen-bond donors (Lipinski definition) is 1. The van der Waals surface area contributed by atoms with Crippen molar-refractivity contribution in [3.63, 3.8) is 0 Å². The number of aliphatic hydroxyl groups is 1. The van der Waals surface area contributed by atoms with E-state index in [9.17, 15) is 9.90 Å². The highest BCUT2D eigenvalue weighted by atomic mass is 16.6. The summed E-state index contributed by atoms with van der Waals surface area (Å²) in [7, 11) is 3.42. The van der Waals surface area contributed by atoms with Crippen molar-refractivity contribution in [2.24, 2.45) is 22.7 Å². The summed E-state index contributed by atoms with van der Waals surface area (Å²) in [4.78, 5) is 15.7. The van der Waals surface area contributed by atoms with Crippen LogP contribution in [0, 0.1) is 22.7 Å². The molecule has 7 aliphatic rings. The molecule has 8 heteroatoms. The van der Waals surface area contributed by atoms with Crippen molar-refractivity contribution in [3.8, 4) is 11.5 Å². The zero-order chi connectivity index (χ0) is 29.7. The molecule has 0 aromatic heterocycles. The topological polar surface area (TPSA) is 86.7 Å². The number of ether oxygens (including phenoxy) is 5. The molecule has 0 amide bonds. The lowest BCUT2D eigenvalue weighted by Gasteiger charge is -2.75. The van der Waals surface area contributed by atoms with Crippen LogP contribution in [0.2, 0.25) is 0 Å². The number of likely N-dealkylation sites (tertiary alicyclic amines) is 1. The van der Waals surface area contributed by atoms with Gasteiger partial charge in [-0.15, -0.1) is 0 Å². The minimum atomic E-state index is -0.971. The Labute approximate surface area is 250 Å². The maximum atomic E-state index is 12.9. The van der Waals surface area contributed by atoms with E-state index in [-0.39, 0.29) is 34.9 Å². The molecule has 2 heterocycles. The lowest BCUT2D eigenvalue weighted by Crippen LogP contribution is -2.83. The number of benzene rings is 1. The van der Waals surface area contributed by atoms with Crippen molar-refractivity contribution in [3.05, 3.63) is 23.3 Å². The second-order valence-corrected chi connectivity index (χ2v) is 15.3. The Morgan fingerprint density at radius 3 is 2.60 bits per heavy atom. The van der Waals surface area contributed by atoms with Crippen LogP contribution in [0.1, 0.15) is 77.3 Å². The summed E-state index contributed by atoms with van der Waals surface area (Å²) in [5, 5.41) is 12.4. The number of hydrogen-bond acceptors (Lipinski definition) is 8. The summed E-state index contributed by atoms with van der Waals surface area (Å²) < 4.78 is 30.2. The highest BCUT2D eigenvalue weighted by Crippen LogP contribution is 2.78. The molecule has 0 unspecified atom stereocenters. The molecule has 232 valence electrons. The van der Waals surface area contributed by atoms with Crippen LogP contribution in [-0.4, -0.2) is 86.5 Å². The van der Waals surface area contributed by atoms with Gasteiger partial charge in [0.05, 0.1) is 18.8 Å². The predicted octanol–water partition coefficient (Wildman–Crippen LogP) is 4.28. The van der Waals surface area contributed by atoms with Gasteiger partial charge in [-0.1, -0.05) is 26.8 Å². The highest BCUT2D eigenvalue weighted by Gasteiger charge is 2.82. The number of methoxy groups -OCH3 is 2. The fourth-order valence-electron chi connectivity index (χ4n) is 10.1. The van der Waals surface area contributed by atoms with Crippen molar-refractivity contribution >= 4 is 5.97 Å². The van der Waals surface area contributed by atoms with Crippen molar-refractivity contribution < 1.29 is 33.6 Å². The Morgan fingerprint density at radius 1 is 1.12 bits per heavy atom. The number of carbonyl (C=O) groups excluding carboxylic acids is 1. The third-order valence-electron chi connectivity index (χ3n) is 12.7. The van der Waals surface area contributed by atoms with Crippen LogP contribution >= 0.6 is 0 Å². The zero-order valence-electron chi connectivity index (χ0n) is 26.3. The van der Waals surface area contributed by atoms with Gasteiger partial charge in [0.15, 0.2) is 11.5 Å². The van der Waals surface area contributed by atoms with E-state index in [1.807, 2.05) is 20.1 Å². The Kier molecular flexibility index (Phi) is 6.66. The summed E-state index contributed by atoms with van der Waals surface area (Å²) >= 11 is 0. The molecule has 2 spiro atoms. The van der Waals surface area contributed by atoms with Crippen LogP contribution in [0.3, 0.4) is 0 Å². The molecule has 7 atom stereocenters. The number of carbonyl (C=O) groups is 1. The van der Waals surface area contributed by atoms with Crippen LogP contribution in [0.5, 0.6) is 11.5 Å². The van der Waals surface area contributed by atoms with Crippen LogP contribution in [0.25, 0.3) is 0 Å². The van der Waals surface area contributed by atoms with Crippen molar-refractivity contribution in [1.29, 1.82) is 0 Å². The minimum Gasteiger partial charge on any atom is -0.482 e. The van der Waals surface area contributed by atoms with Crippen LogP contribution < -0.4 is 9.47 Å². The molecule has 4 saturated carbocycles. The molecule has 1 saturated heterocycles. The molecular weight excluding hydrogens is 534 g/mol. The normalized spacial score (nSPS) is 37.6. The van der Waals surface area contributed by atoms with E-state index in [0.717, 1.165) is 44.6 Å². The molecule has 4 bridgehead atoms. The van der Waals surface area contributed by atoms with Crippen LogP contribution in [0.15, 0.2) is 12.1 Å². The summed E-state index contributed by atoms with van der Waals surface area (Å²) in [6.07, 6.45) is 7.20. The van der Waals surface area contributed by atoms with Gasteiger partial charge in [0.2, 0.25) is 0 Å². The Hall–Kier alpha value is -1.71. The first-order valence-electron chi connectivity index (χ1n) is 16.1. The Bertz CT molecular complexity index is 1250. The van der Waals surface area contributed by atoms with Crippen LogP contribution in [-0.2, 0) is 30.8 Å². The number of nitrogens with zero attached hydrogens (tertiary/aromatic N) is 1. The first-order chi connectivity index (χ1) is 19.9. The molecule has 8 nitrogen and oxygen atoms in total. The molecule has 0 radical (unpaired) electrons. The average molecular weight is 584 g/mol. The molecule has 42 heavy (non-hydrogen) atoms. The summed E-state index contributed by atoms with van der Waals surface area (Å²) in [6, 6.07) is 4.48. The molecule has 1 N–H and O–H groups in total. The number of piperidine rings is 1. The largest absolute Gasteiger partial charge is 0.482 e. The highest BCUT2D eigenvalue weighted by molar-refractivity contribution is 5.76. The summed E-state index contributed by atoms with van der Waals surface area (Å²) in [5.41, 5.74) is 0.308. The van der Waals surface area contributed by atoms with E-state index >= 15 is 0 Å².